The predicted molar refractivity (Wildman–Crippen MR) is 96.5 cm³/mol. The molecule has 0 radical (unpaired) electrons. The molecule has 0 aliphatic carbocycles. The van der Waals surface area contributed by atoms with E-state index in [1.54, 1.807) is 21.3 Å². The van der Waals surface area contributed by atoms with E-state index >= 15 is 0 Å². The normalized spacial score (nSPS) is 11.1. The van der Waals surface area contributed by atoms with Gasteiger partial charge in [-0.05, 0) is 54.8 Å². The number of methoxy groups -OCH3 is 3. The van der Waals surface area contributed by atoms with Crippen molar-refractivity contribution >= 4 is 5.57 Å². The van der Waals surface area contributed by atoms with Gasteiger partial charge in [0.15, 0.2) is 23.0 Å². The molecule has 2 aromatic carbocycles. The Morgan fingerprint density at radius 3 is 1.75 bits per heavy atom. The number of rotatable bonds is 7. The third-order valence-corrected chi connectivity index (χ3v) is 3.76. The summed E-state index contributed by atoms with van der Waals surface area (Å²) in [6, 6.07) is 11.8. The lowest BCUT2D eigenvalue weighted by Gasteiger charge is -2.15. The molecule has 24 heavy (non-hydrogen) atoms. The first-order valence-electron chi connectivity index (χ1n) is 7.88. The smallest absolute Gasteiger partial charge is 0.161 e. The van der Waals surface area contributed by atoms with Crippen LogP contribution in [-0.4, -0.2) is 27.9 Å². The van der Waals surface area contributed by atoms with Gasteiger partial charge in [-0.25, -0.2) is 0 Å². The van der Waals surface area contributed by atoms with Crippen LogP contribution in [0.4, 0.5) is 0 Å². The zero-order valence-corrected chi connectivity index (χ0v) is 14.9. The van der Waals surface area contributed by atoms with Gasteiger partial charge in [-0.2, -0.15) is 0 Å². The van der Waals surface area contributed by atoms with Crippen LogP contribution < -0.4 is 18.9 Å². The summed E-state index contributed by atoms with van der Waals surface area (Å²) in [4.78, 5) is 0. The van der Waals surface area contributed by atoms with Crippen LogP contribution in [0.5, 0.6) is 23.0 Å². The highest BCUT2D eigenvalue weighted by Crippen LogP contribution is 2.36. The van der Waals surface area contributed by atoms with Crippen molar-refractivity contribution in [1.29, 1.82) is 0 Å². The zero-order valence-electron chi connectivity index (χ0n) is 14.9. The maximum absolute atomic E-state index is 5.68. The molecule has 0 atom stereocenters. The van der Waals surface area contributed by atoms with E-state index in [4.69, 9.17) is 18.9 Å². The van der Waals surface area contributed by atoms with Crippen LogP contribution in [0.3, 0.4) is 0 Å². The highest BCUT2D eigenvalue weighted by Gasteiger charge is 2.12. The third kappa shape index (κ3) is 3.65. The first-order valence-corrected chi connectivity index (χ1v) is 7.88. The highest BCUT2D eigenvalue weighted by atomic mass is 16.5. The molecule has 0 amide bonds. The van der Waals surface area contributed by atoms with Gasteiger partial charge in [0.2, 0.25) is 0 Å². The quantitative estimate of drug-likeness (QED) is 0.746. The number of hydrogen-bond acceptors (Lipinski definition) is 4. The molecular weight excluding hydrogens is 304 g/mol. The Hall–Kier alpha value is -2.62. The molecule has 0 bridgehead atoms. The van der Waals surface area contributed by atoms with E-state index in [1.807, 2.05) is 50.2 Å². The van der Waals surface area contributed by atoms with E-state index in [9.17, 15) is 0 Å². The van der Waals surface area contributed by atoms with Crippen LogP contribution in [0.25, 0.3) is 5.57 Å². The molecule has 0 fully saturated rings. The number of benzene rings is 2. The van der Waals surface area contributed by atoms with Crippen molar-refractivity contribution < 1.29 is 18.9 Å². The highest BCUT2D eigenvalue weighted by molar-refractivity contribution is 5.81. The fourth-order valence-corrected chi connectivity index (χ4v) is 2.62. The summed E-state index contributed by atoms with van der Waals surface area (Å²) in [5.74, 6) is 2.87. The Morgan fingerprint density at radius 1 is 0.792 bits per heavy atom. The molecule has 0 aliphatic rings. The van der Waals surface area contributed by atoms with E-state index < -0.39 is 0 Å². The average molecular weight is 328 g/mol. The van der Waals surface area contributed by atoms with Crippen LogP contribution >= 0.6 is 0 Å². The van der Waals surface area contributed by atoms with Crippen molar-refractivity contribution in [2.24, 2.45) is 0 Å². The third-order valence-electron chi connectivity index (χ3n) is 3.76. The standard InChI is InChI=1S/C20H24O4/c1-6-16(14-8-10-17(21-3)19(12-14)23-5)15-9-11-18(22-4)20(13-15)24-7-2/h6,8-13H,7H2,1-5H3/b16-6+. The first-order chi connectivity index (χ1) is 11.7. The van der Waals surface area contributed by atoms with E-state index in [0.29, 0.717) is 18.1 Å². The second-order valence-electron chi connectivity index (χ2n) is 5.07. The van der Waals surface area contributed by atoms with E-state index in [1.165, 1.54) is 0 Å². The van der Waals surface area contributed by atoms with Gasteiger partial charge in [0, 0.05) is 0 Å². The van der Waals surface area contributed by atoms with Crippen LogP contribution in [-0.2, 0) is 0 Å². The summed E-state index contributed by atoms with van der Waals surface area (Å²) in [6.07, 6.45) is 2.07. The molecule has 0 spiro atoms. The van der Waals surface area contributed by atoms with E-state index in [2.05, 4.69) is 6.08 Å². The molecule has 0 N–H and O–H groups in total. The van der Waals surface area contributed by atoms with Gasteiger partial charge in [0.25, 0.3) is 0 Å². The minimum absolute atomic E-state index is 0.585. The second kappa shape index (κ2) is 8.29. The summed E-state index contributed by atoms with van der Waals surface area (Å²) in [5.41, 5.74) is 3.18. The summed E-state index contributed by atoms with van der Waals surface area (Å²) < 4.78 is 21.8. The minimum Gasteiger partial charge on any atom is -0.493 e. The largest absolute Gasteiger partial charge is 0.493 e. The number of allylic oxidation sites excluding steroid dienone is 1. The van der Waals surface area contributed by atoms with E-state index in [0.717, 1.165) is 28.2 Å². The van der Waals surface area contributed by atoms with Crippen molar-refractivity contribution in [3.8, 4) is 23.0 Å². The molecule has 2 aromatic rings. The van der Waals surface area contributed by atoms with Crippen molar-refractivity contribution in [3.05, 3.63) is 53.6 Å². The monoisotopic (exact) mass is 328 g/mol. The second-order valence-corrected chi connectivity index (χ2v) is 5.07. The fourth-order valence-electron chi connectivity index (χ4n) is 2.62. The first kappa shape index (κ1) is 17.7. The summed E-state index contributed by atoms with van der Waals surface area (Å²) in [7, 11) is 4.91. The van der Waals surface area contributed by atoms with Crippen molar-refractivity contribution in [1.82, 2.24) is 0 Å². The number of ether oxygens (including phenoxy) is 4. The maximum atomic E-state index is 5.68. The van der Waals surface area contributed by atoms with Crippen LogP contribution in [0.2, 0.25) is 0 Å². The van der Waals surface area contributed by atoms with Gasteiger partial charge in [0.1, 0.15) is 0 Å². The zero-order chi connectivity index (χ0) is 17.5. The molecule has 0 saturated carbocycles. The topological polar surface area (TPSA) is 36.9 Å². The average Bonchev–Trinajstić information content (AvgIpc) is 2.62. The molecule has 0 saturated heterocycles. The van der Waals surface area contributed by atoms with Gasteiger partial charge < -0.3 is 18.9 Å². The number of hydrogen-bond donors (Lipinski definition) is 0. The van der Waals surface area contributed by atoms with Crippen LogP contribution in [0, 0.1) is 0 Å². The Bertz CT molecular complexity index is 720. The summed E-state index contributed by atoms with van der Waals surface area (Å²) >= 11 is 0. The lowest BCUT2D eigenvalue weighted by Crippen LogP contribution is -1.97. The van der Waals surface area contributed by atoms with E-state index in [-0.39, 0.29) is 0 Å². The molecule has 0 unspecified atom stereocenters. The molecule has 4 nitrogen and oxygen atoms in total. The Balaban J connectivity index is 2.47. The lowest BCUT2D eigenvalue weighted by atomic mass is 9.97. The molecule has 0 aliphatic heterocycles. The van der Waals surface area contributed by atoms with Gasteiger partial charge >= 0.3 is 0 Å². The fraction of sp³-hybridized carbons (Fsp3) is 0.300. The van der Waals surface area contributed by atoms with Crippen molar-refractivity contribution in [2.75, 3.05) is 27.9 Å². The van der Waals surface area contributed by atoms with Gasteiger partial charge in [-0.3, -0.25) is 0 Å². The summed E-state index contributed by atoms with van der Waals surface area (Å²) in [6.45, 7) is 4.55. The van der Waals surface area contributed by atoms with Crippen molar-refractivity contribution in [3.63, 3.8) is 0 Å². The maximum Gasteiger partial charge on any atom is 0.161 e. The summed E-state index contributed by atoms with van der Waals surface area (Å²) in [5, 5.41) is 0. The van der Waals surface area contributed by atoms with Gasteiger partial charge in [-0.1, -0.05) is 18.2 Å². The Kier molecular flexibility index (Phi) is 6.13. The molecule has 128 valence electrons. The molecule has 0 aromatic heterocycles. The Labute approximate surface area is 143 Å². The predicted octanol–water partition coefficient (Wildman–Crippen LogP) is 4.56. The minimum atomic E-state index is 0.585. The molecule has 2 rings (SSSR count). The van der Waals surface area contributed by atoms with Gasteiger partial charge in [-0.15, -0.1) is 0 Å². The Morgan fingerprint density at radius 2 is 1.29 bits per heavy atom. The molecule has 0 heterocycles. The molecular formula is C20H24O4. The van der Waals surface area contributed by atoms with Crippen molar-refractivity contribution in [2.45, 2.75) is 13.8 Å². The van der Waals surface area contributed by atoms with Crippen LogP contribution in [0.15, 0.2) is 42.5 Å². The SMILES string of the molecule is C/C=C(\c1ccc(OC)c(OC)c1)c1ccc(OC)c(OCC)c1. The molecule has 4 heteroatoms. The lowest BCUT2D eigenvalue weighted by molar-refractivity contribution is 0.311. The van der Waals surface area contributed by atoms with Gasteiger partial charge in [0.05, 0.1) is 27.9 Å². The van der Waals surface area contributed by atoms with Crippen LogP contribution in [0.1, 0.15) is 25.0 Å².